The molecular formula is C25H17BrClNO5. The van der Waals surface area contributed by atoms with Gasteiger partial charge in [-0.2, -0.15) is 0 Å². The third kappa shape index (κ3) is 4.99. The molecule has 0 fully saturated rings. The Morgan fingerprint density at radius 3 is 2.64 bits per heavy atom. The first-order valence-corrected chi connectivity index (χ1v) is 11.0. The van der Waals surface area contributed by atoms with Gasteiger partial charge in [-0.25, -0.2) is 14.6 Å². The minimum Gasteiger partial charge on any atom is -0.493 e. The first-order valence-electron chi connectivity index (χ1n) is 9.79. The molecule has 33 heavy (non-hydrogen) atoms. The summed E-state index contributed by atoms with van der Waals surface area (Å²) in [6.45, 7) is 1.88. The second kappa shape index (κ2) is 9.60. The molecule has 0 saturated heterocycles. The van der Waals surface area contributed by atoms with Crippen molar-refractivity contribution < 1.29 is 23.8 Å². The predicted octanol–water partition coefficient (Wildman–Crippen LogP) is 5.98. The Labute approximate surface area is 203 Å². The van der Waals surface area contributed by atoms with Crippen molar-refractivity contribution in [1.82, 2.24) is 0 Å². The molecule has 0 amide bonds. The Kier molecular flexibility index (Phi) is 6.62. The number of hydrogen-bond donors (Lipinski definition) is 0. The normalized spacial score (nSPS) is 14.1. The average molecular weight is 527 g/mol. The second-order valence-electron chi connectivity index (χ2n) is 7.11. The van der Waals surface area contributed by atoms with Gasteiger partial charge in [-0.3, -0.25) is 0 Å². The summed E-state index contributed by atoms with van der Waals surface area (Å²) in [5.41, 5.74) is 2.60. The highest BCUT2D eigenvalue weighted by atomic mass is 79.9. The third-order valence-electron chi connectivity index (χ3n) is 4.73. The van der Waals surface area contributed by atoms with Gasteiger partial charge in [-0.15, -0.1) is 0 Å². The smallest absolute Gasteiger partial charge is 0.363 e. The molecule has 0 atom stereocenters. The number of rotatable bonds is 5. The van der Waals surface area contributed by atoms with Crippen LogP contribution in [0.25, 0.3) is 6.08 Å². The molecule has 0 radical (unpaired) electrons. The summed E-state index contributed by atoms with van der Waals surface area (Å²) in [5, 5.41) is 0.142. The molecule has 0 aromatic heterocycles. The molecule has 8 heteroatoms. The minimum absolute atomic E-state index is 0.0826. The van der Waals surface area contributed by atoms with Crippen LogP contribution in [0.3, 0.4) is 0 Å². The molecule has 0 unspecified atom stereocenters. The fourth-order valence-electron chi connectivity index (χ4n) is 3.16. The lowest BCUT2D eigenvalue weighted by molar-refractivity contribution is -0.129. The van der Waals surface area contributed by atoms with E-state index in [2.05, 4.69) is 20.9 Å². The van der Waals surface area contributed by atoms with Gasteiger partial charge >= 0.3 is 11.9 Å². The van der Waals surface area contributed by atoms with Crippen LogP contribution in [0.5, 0.6) is 11.5 Å². The number of carbonyl (C=O) groups excluding carboxylic acids is 2. The summed E-state index contributed by atoms with van der Waals surface area (Å²) in [4.78, 5) is 29.2. The van der Waals surface area contributed by atoms with Crippen LogP contribution >= 0.6 is 27.5 Å². The Bertz CT molecular complexity index is 1330. The zero-order valence-corrected chi connectivity index (χ0v) is 19.9. The van der Waals surface area contributed by atoms with Gasteiger partial charge < -0.3 is 14.2 Å². The fraction of sp³-hybridized carbons (Fsp3) is 0.0800. The maximum atomic E-state index is 12.6. The van der Waals surface area contributed by atoms with Gasteiger partial charge in [0.15, 0.2) is 17.2 Å². The Balaban J connectivity index is 1.64. The van der Waals surface area contributed by atoms with E-state index in [1.807, 2.05) is 31.2 Å². The van der Waals surface area contributed by atoms with Crippen molar-refractivity contribution in [3.05, 3.63) is 98.1 Å². The van der Waals surface area contributed by atoms with Gasteiger partial charge in [0.05, 0.1) is 23.3 Å². The number of methoxy groups -OCH3 is 1. The van der Waals surface area contributed by atoms with E-state index in [-0.39, 0.29) is 28.1 Å². The van der Waals surface area contributed by atoms with Crippen molar-refractivity contribution in [2.24, 2.45) is 4.99 Å². The van der Waals surface area contributed by atoms with E-state index in [0.29, 0.717) is 16.7 Å². The predicted molar refractivity (Wildman–Crippen MR) is 129 cm³/mol. The van der Waals surface area contributed by atoms with Gasteiger partial charge in [-0.05, 0) is 70.9 Å². The van der Waals surface area contributed by atoms with Gasteiger partial charge in [-0.1, -0.05) is 41.4 Å². The summed E-state index contributed by atoms with van der Waals surface area (Å²) < 4.78 is 16.9. The maximum Gasteiger partial charge on any atom is 0.363 e. The molecule has 1 aliphatic heterocycles. The number of carbonyl (C=O) groups is 2. The molecule has 1 heterocycles. The number of aryl methyl sites for hydroxylation is 1. The lowest BCUT2D eigenvalue weighted by atomic mass is 10.1. The molecule has 166 valence electrons. The molecule has 0 spiro atoms. The summed E-state index contributed by atoms with van der Waals surface area (Å²) in [6.07, 6.45) is 1.52. The van der Waals surface area contributed by atoms with Crippen molar-refractivity contribution in [1.29, 1.82) is 0 Å². The van der Waals surface area contributed by atoms with E-state index in [0.717, 1.165) is 10.0 Å². The number of benzene rings is 3. The first-order chi connectivity index (χ1) is 15.9. The minimum atomic E-state index is -0.592. The van der Waals surface area contributed by atoms with Crippen LogP contribution in [0.1, 0.15) is 27.0 Å². The molecule has 6 nitrogen and oxygen atoms in total. The molecule has 4 rings (SSSR count). The van der Waals surface area contributed by atoms with Crippen LogP contribution in [-0.4, -0.2) is 24.9 Å². The summed E-state index contributed by atoms with van der Waals surface area (Å²) >= 11 is 9.82. The standard InChI is InChI=1S/C25H17BrClNO5/c1-14-6-5-7-16(10-14)24(29)32-22-19(27)11-15(13-21(22)31-2)12-20-25(30)33-23(28-20)17-8-3-4-9-18(17)26/h3-13H,1-2H3/b20-12-. The van der Waals surface area contributed by atoms with E-state index in [1.165, 1.54) is 13.2 Å². The Morgan fingerprint density at radius 2 is 1.91 bits per heavy atom. The molecule has 0 N–H and O–H groups in total. The van der Waals surface area contributed by atoms with Crippen molar-refractivity contribution in [2.45, 2.75) is 6.92 Å². The van der Waals surface area contributed by atoms with E-state index < -0.39 is 11.9 Å². The highest BCUT2D eigenvalue weighted by Gasteiger charge is 2.26. The van der Waals surface area contributed by atoms with Gasteiger partial charge in [0, 0.05) is 4.47 Å². The number of halogens is 2. The summed E-state index contributed by atoms with van der Waals surface area (Å²) in [7, 11) is 1.43. The first kappa shape index (κ1) is 22.8. The Morgan fingerprint density at radius 1 is 1.12 bits per heavy atom. The lowest BCUT2D eigenvalue weighted by Gasteiger charge is -2.12. The number of aliphatic imine (C=N–C) groups is 1. The number of nitrogens with zero attached hydrogens (tertiary/aromatic N) is 1. The molecule has 0 bridgehead atoms. The summed E-state index contributed by atoms with van der Waals surface area (Å²) in [6, 6.07) is 17.4. The monoisotopic (exact) mass is 525 g/mol. The van der Waals surface area contributed by atoms with Crippen LogP contribution in [-0.2, 0) is 9.53 Å². The quantitative estimate of drug-likeness (QED) is 0.232. The second-order valence-corrected chi connectivity index (χ2v) is 8.37. The Hall–Kier alpha value is -3.42. The third-order valence-corrected chi connectivity index (χ3v) is 5.70. The lowest BCUT2D eigenvalue weighted by Crippen LogP contribution is -2.10. The van der Waals surface area contributed by atoms with Crippen molar-refractivity contribution >= 4 is 51.4 Å². The van der Waals surface area contributed by atoms with Crippen LogP contribution in [0.2, 0.25) is 5.02 Å². The highest BCUT2D eigenvalue weighted by molar-refractivity contribution is 9.10. The van der Waals surface area contributed by atoms with Crippen molar-refractivity contribution in [3.8, 4) is 11.5 Å². The van der Waals surface area contributed by atoms with Crippen LogP contribution < -0.4 is 9.47 Å². The topological polar surface area (TPSA) is 74.2 Å². The molecule has 3 aromatic rings. The maximum absolute atomic E-state index is 12.6. The van der Waals surface area contributed by atoms with Crippen molar-refractivity contribution in [2.75, 3.05) is 7.11 Å². The van der Waals surface area contributed by atoms with Gasteiger partial charge in [0.25, 0.3) is 0 Å². The van der Waals surface area contributed by atoms with Crippen LogP contribution in [0, 0.1) is 6.92 Å². The summed E-state index contributed by atoms with van der Waals surface area (Å²) in [5.74, 6) is -0.644. The van der Waals surface area contributed by atoms with Crippen LogP contribution in [0.4, 0.5) is 0 Å². The van der Waals surface area contributed by atoms with Crippen LogP contribution in [0.15, 0.2) is 75.8 Å². The number of ether oxygens (including phenoxy) is 3. The molecule has 1 aliphatic rings. The number of esters is 2. The molecule has 0 saturated carbocycles. The highest BCUT2D eigenvalue weighted by Crippen LogP contribution is 2.38. The SMILES string of the molecule is COc1cc(/C=C2\N=C(c3ccccc3Br)OC2=O)cc(Cl)c1OC(=O)c1cccc(C)c1. The van der Waals surface area contributed by atoms with Crippen molar-refractivity contribution in [3.63, 3.8) is 0 Å². The zero-order chi connectivity index (χ0) is 23.5. The van der Waals surface area contributed by atoms with Gasteiger partial charge in [0.1, 0.15) is 0 Å². The number of cyclic esters (lactones) is 1. The largest absolute Gasteiger partial charge is 0.493 e. The molecule has 3 aromatic carbocycles. The fourth-order valence-corrected chi connectivity index (χ4v) is 3.87. The number of hydrogen-bond acceptors (Lipinski definition) is 6. The van der Waals surface area contributed by atoms with E-state index >= 15 is 0 Å². The molecular weight excluding hydrogens is 510 g/mol. The average Bonchev–Trinajstić information content (AvgIpc) is 3.15. The van der Waals surface area contributed by atoms with Gasteiger partial charge in [0.2, 0.25) is 5.90 Å². The van der Waals surface area contributed by atoms with E-state index in [1.54, 1.807) is 36.4 Å². The zero-order valence-electron chi connectivity index (χ0n) is 17.6. The molecule has 0 aliphatic carbocycles. The van der Waals surface area contributed by atoms with E-state index in [9.17, 15) is 9.59 Å². The van der Waals surface area contributed by atoms with E-state index in [4.69, 9.17) is 25.8 Å².